The van der Waals surface area contributed by atoms with Gasteiger partial charge in [-0.05, 0) is 0 Å². The van der Waals surface area contributed by atoms with Gasteiger partial charge in [-0.15, -0.1) is 0 Å². The fraction of sp³-hybridized carbons (Fsp3) is 0. The summed E-state index contributed by atoms with van der Waals surface area (Å²) in [6.45, 7) is 0. The molecule has 0 bridgehead atoms. The Morgan fingerprint density at radius 1 is 0.786 bits per heavy atom. The molecule has 14 heteroatoms. The molecule has 0 spiro atoms. The van der Waals surface area contributed by atoms with Crippen LogP contribution in [0.2, 0.25) is 0 Å². The van der Waals surface area contributed by atoms with Crippen LogP contribution in [0.15, 0.2) is 0 Å². The molecule has 0 aliphatic rings. The van der Waals surface area contributed by atoms with Gasteiger partial charge in [-0.2, -0.15) is 4.31 Å². The van der Waals surface area contributed by atoms with Crippen LogP contribution < -0.4 is 0 Å². The van der Waals surface area contributed by atoms with Gasteiger partial charge in [0.1, 0.15) is 0 Å². The third-order valence-corrected chi connectivity index (χ3v) is 1.91. The molecule has 0 atom stereocenters. The van der Waals surface area contributed by atoms with Crippen LogP contribution in [0.3, 0.4) is 0 Å². The Bertz CT molecular complexity index is 159. The normalized spacial score (nSPS) is 8.86. The fourth-order valence-corrected chi connectivity index (χ4v) is 1.25. The van der Waals surface area contributed by atoms with E-state index in [1.807, 2.05) is 0 Å². The Morgan fingerprint density at radius 2 is 0.929 bits per heavy atom. The van der Waals surface area contributed by atoms with E-state index < -0.39 is 15.6 Å². The maximum atomic E-state index is 9.63. The van der Waals surface area contributed by atoms with Crippen molar-refractivity contribution in [1.82, 2.24) is 0 Å². The first kappa shape index (κ1) is 36.0. The summed E-state index contributed by atoms with van der Waals surface area (Å²) in [6, 6.07) is 0. The van der Waals surface area contributed by atoms with Gasteiger partial charge < -0.3 is 36.0 Å². The predicted octanol–water partition coefficient (Wildman–Crippen LogP) is -3.94. The van der Waals surface area contributed by atoms with Crippen LogP contribution in [0.25, 0.3) is 0 Å². The van der Waals surface area contributed by atoms with Gasteiger partial charge in [0.2, 0.25) is 0 Å². The molecule has 0 saturated heterocycles. The van der Waals surface area contributed by atoms with E-state index in [-0.39, 0.29) is 84.9 Å². The van der Waals surface area contributed by atoms with E-state index in [4.69, 9.17) is 19.6 Å². The summed E-state index contributed by atoms with van der Waals surface area (Å²) in [5.74, 6) is 0. The van der Waals surface area contributed by atoms with Crippen LogP contribution in [-0.4, -0.2) is 87.4 Å². The van der Waals surface area contributed by atoms with Crippen molar-refractivity contribution in [3.63, 3.8) is 0 Å². The average molecular weight is 336 g/mol. The van der Waals surface area contributed by atoms with Crippen LogP contribution in [0.5, 0.6) is 0 Å². The molecule has 0 unspecified atom stereocenters. The Kier molecular flexibility index (Phi) is 34.3. The molecule has 93 valence electrons. The summed E-state index contributed by atoms with van der Waals surface area (Å²) in [5, 5.41) is 0. The predicted molar refractivity (Wildman–Crippen MR) is 43.2 cm³/mol. The summed E-state index contributed by atoms with van der Waals surface area (Å²) in [6.07, 6.45) is 0. The first-order valence-corrected chi connectivity index (χ1v) is 4.59. The summed E-state index contributed by atoms with van der Waals surface area (Å²) in [7, 11) is -10.1. The minimum atomic E-state index is -5.05. The van der Waals surface area contributed by atoms with Crippen molar-refractivity contribution in [2.75, 3.05) is 0 Å². The second kappa shape index (κ2) is 13.4. The molecule has 0 heterocycles. The molecule has 0 fully saturated rings. The van der Waals surface area contributed by atoms with E-state index in [1.165, 1.54) is 0 Å². The average Bonchev–Trinajstić information content (AvgIpc) is 1.14. The third-order valence-electron chi connectivity index (χ3n) is 0.213. The molecule has 10 N–H and O–H groups in total. The van der Waals surface area contributed by atoms with Crippen LogP contribution in [0.4, 0.5) is 0 Å². The summed E-state index contributed by atoms with van der Waals surface area (Å²) < 4.78 is 22.2. The molecule has 10 nitrogen and oxygen atoms in total. The van der Waals surface area contributed by atoms with Gasteiger partial charge in [-0.25, -0.2) is 9.13 Å². The Balaban J connectivity index is -0.0000000320. The van der Waals surface area contributed by atoms with E-state index in [9.17, 15) is 9.13 Å². The van der Waals surface area contributed by atoms with Crippen molar-refractivity contribution < 1.29 is 66.5 Å². The fourth-order valence-electron chi connectivity index (χ4n) is 0.139. The summed E-state index contributed by atoms with van der Waals surface area (Å²) >= 11 is 0. The molecule has 1 radical (unpaired) electrons. The molecule has 14 heavy (non-hydrogen) atoms. The van der Waals surface area contributed by atoms with Crippen LogP contribution in [0.1, 0.15) is 0 Å². The zero-order valence-electron chi connectivity index (χ0n) is 5.71. The zero-order valence-corrected chi connectivity index (χ0v) is 8.44. The minimum absolute atomic E-state index is 0. The van der Waals surface area contributed by atoms with E-state index in [2.05, 4.69) is 4.31 Å². The van der Waals surface area contributed by atoms with E-state index in [0.717, 1.165) is 0 Å². The van der Waals surface area contributed by atoms with Gasteiger partial charge >= 0.3 is 67.0 Å². The van der Waals surface area contributed by atoms with Crippen LogP contribution >= 0.6 is 15.6 Å². The molecular weight excluding hydrogens is 325 g/mol. The molecule has 0 rings (SSSR count). The molecular formula is H11CuKO10P2. The Morgan fingerprint density at radius 3 is 0.929 bits per heavy atom. The monoisotopic (exact) mass is 335 g/mol. The molecule has 0 aromatic carbocycles. The van der Waals surface area contributed by atoms with E-state index in [1.54, 1.807) is 0 Å². The van der Waals surface area contributed by atoms with E-state index in [0.29, 0.717) is 0 Å². The second-order valence-electron chi connectivity index (χ2n) is 1.06. The number of hydrogen-bond acceptors (Lipinski definition) is 3. The first-order valence-electron chi connectivity index (χ1n) is 1.53. The maximum absolute atomic E-state index is 9.63. The molecule has 0 aliphatic carbocycles. The molecule has 0 aromatic heterocycles. The van der Waals surface area contributed by atoms with Crippen LogP contribution in [-0.2, 0) is 30.5 Å². The molecule has 0 aliphatic heterocycles. The standard InChI is InChI=1S/Cu.K.H4O7P2.3H2O.H/c;;1-8(2,3)7-9(4,5)6;;;;/h;;(H2,1,2,3)(H2,4,5,6);3*1H2;. The molecule has 0 aromatic rings. The van der Waals surface area contributed by atoms with Gasteiger partial charge in [-0.3, -0.25) is 0 Å². The number of rotatable bonds is 2. The molecule has 0 amide bonds. The van der Waals surface area contributed by atoms with Crippen molar-refractivity contribution in [2.24, 2.45) is 0 Å². The van der Waals surface area contributed by atoms with Crippen molar-refractivity contribution in [2.45, 2.75) is 0 Å². The van der Waals surface area contributed by atoms with Crippen molar-refractivity contribution in [3.05, 3.63) is 0 Å². The van der Waals surface area contributed by atoms with Crippen molar-refractivity contribution >= 4 is 67.0 Å². The third kappa shape index (κ3) is 36.7. The molecule has 0 saturated carbocycles. The van der Waals surface area contributed by atoms with E-state index >= 15 is 0 Å². The topological polar surface area (TPSA) is 219 Å². The van der Waals surface area contributed by atoms with Crippen molar-refractivity contribution in [3.8, 4) is 0 Å². The summed E-state index contributed by atoms with van der Waals surface area (Å²) in [4.78, 5) is 31.0. The Hall–Kier alpha value is 2.30. The van der Waals surface area contributed by atoms with Crippen molar-refractivity contribution in [1.29, 1.82) is 0 Å². The first-order chi connectivity index (χ1) is 3.71. The van der Waals surface area contributed by atoms with Gasteiger partial charge in [0.25, 0.3) is 0 Å². The SMILES string of the molecule is O.O.O.O=P(O)(O)OP(=O)(O)O.[Cu].[KH]. The second-order valence-corrected chi connectivity index (χ2v) is 3.68. The zero-order chi connectivity index (χ0) is 7.71. The summed E-state index contributed by atoms with van der Waals surface area (Å²) in [5.41, 5.74) is 0. The van der Waals surface area contributed by atoms with Crippen LogP contribution in [0, 0.1) is 0 Å². The van der Waals surface area contributed by atoms with Gasteiger partial charge in [-0.1, -0.05) is 0 Å². The van der Waals surface area contributed by atoms with Gasteiger partial charge in [0.05, 0.1) is 0 Å². The number of phosphoric acid groups is 2. The Labute approximate surface area is 132 Å². The quantitative estimate of drug-likeness (QED) is 0.289. The van der Waals surface area contributed by atoms with Gasteiger partial charge in [0, 0.05) is 17.1 Å². The number of hydrogen-bond donors (Lipinski definition) is 4. The van der Waals surface area contributed by atoms with Gasteiger partial charge in [0.15, 0.2) is 0 Å².